The maximum atomic E-state index is 5.52. The van der Waals surface area contributed by atoms with Gasteiger partial charge < -0.3 is 9.64 Å². The molecule has 0 amide bonds. The van der Waals surface area contributed by atoms with Crippen LogP contribution in [-0.2, 0) is 11.3 Å². The van der Waals surface area contributed by atoms with Crippen LogP contribution < -0.4 is 0 Å². The molecule has 0 N–H and O–H groups in total. The van der Waals surface area contributed by atoms with Crippen LogP contribution in [0.2, 0.25) is 0 Å². The highest BCUT2D eigenvalue weighted by Gasteiger charge is 2.49. The van der Waals surface area contributed by atoms with Gasteiger partial charge in [0.25, 0.3) is 0 Å². The van der Waals surface area contributed by atoms with Crippen molar-refractivity contribution in [2.24, 2.45) is 11.3 Å². The molecule has 1 aromatic heterocycles. The van der Waals surface area contributed by atoms with Gasteiger partial charge in [0.2, 0.25) is 0 Å². The van der Waals surface area contributed by atoms with Crippen LogP contribution in [0.15, 0.2) is 11.4 Å². The van der Waals surface area contributed by atoms with Gasteiger partial charge in [-0.3, -0.25) is 4.90 Å². The highest BCUT2D eigenvalue weighted by molar-refractivity contribution is 7.10. The van der Waals surface area contributed by atoms with Crippen LogP contribution in [0.4, 0.5) is 0 Å². The summed E-state index contributed by atoms with van der Waals surface area (Å²) in [7, 11) is 1.85. The van der Waals surface area contributed by atoms with E-state index in [1.54, 1.807) is 4.88 Å². The molecule has 0 aliphatic carbocycles. The van der Waals surface area contributed by atoms with Crippen molar-refractivity contribution < 1.29 is 4.74 Å². The number of likely N-dealkylation sites (tertiary alicyclic amines) is 2. The highest BCUT2D eigenvalue weighted by atomic mass is 32.1. The lowest BCUT2D eigenvalue weighted by Gasteiger charge is -2.30. The fraction of sp³-hybridized carbons (Fsp3) is 0.765. The van der Waals surface area contributed by atoms with Gasteiger partial charge in [0, 0.05) is 49.5 Å². The molecule has 4 heteroatoms. The molecule has 0 bridgehead atoms. The molecule has 2 aliphatic heterocycles. The Bertz CT molecular complexity index is 475. The lowest BCUT2D eigenvalue weighted by atomic mass is 9.78. The molecule has 0 radical (unpaired) electrons. The normalized spacial score (nSPS) is 30.7. The molecule has 1 aromatic rings. The zero-order valence-electron chi connectivity index (χ0n) is 13.6. The monoisotopic (exact) mass is 308 g/mol. The van der Waals surface area contributed by atoms with Crippen molar-refractivity contribution in [1.29, 1.82) is 0 Å². The van der Waals surface area contributed by atoms with Gasteiger partial charge in [-0.15, -0.1) is 11.3 Å². The van der Waals surface area contributed by atoms with E-state index in [4.69, 9.17) is 4.74 Å². The molecule has 0 aromatic carbocycles. The second-order valence-corrected chi connectivity index (χ2v) is 7.83. The van der Waals surface area contributed by atoms with Crippen LogP contribution in [-0.4, -0.2) is 56.2 Å². The Morgan fingerprint density at radius 3 is 2.86 bits per heavy atom. The van der Waals surface area contributed by atoms with E-state index in [2.05, 4.69) is 35.1 Å². The van der Waals surface area contributed by atoms with E-state index in [0.29, 0.717) is 11.3 Å². The third-order valence-corrected chi connectivity index (χ3v) is 6.51. The summed E-state index contributed by atoms with van der Waals surface area (Å²) in [6.45, 7) is 12.7. The van der Waals surface area contributed by atoms with Gasteiger partial charge in [-0.1, -0.05) is 6.92 Å². The number of methoxy groups -OCH3 is 1. The lowest BCUT2D eigenvalue weighted by molar-refractivity contribution is 0.0959. The first kappa shape index (κ1) is 15.5. The molecule has 3 nitrogen and oxygen atoms in total. The number of hydrogen-bond donors (Lipinski definition) is 0. The zero-order valence-corrected chi connectivity index (χ0v) is 14.4. The quantitative estimate of drug-likeness (QED) is 0.832. The first-order chi connectivity index (χ1) is 10.2. The highest BCUT2D eigenvalue weighted by Crippen LogP contribution is 2.44. The predicted molar refractivity (Wildman–Crippen MR) is 88.9 cm³/mol. The van der Waals surface area contributed by atoms with Gasteiger partial charge in [-0.2, -0.15) is 0 Å². The first-order valence-electron chi connectivity index (χ1n) is 8.13. The number of thiophene rings is 1. The minimum Gasteiger partial charge on any atom is -0.384 e. The van der Waals surface area contributed by atoms with E-state index in [0.717, 1.165) is 13.2 Å². The topological polar surface area (TPSA) is 15.7 Å². The fourth-order valence-electron chi connectivity index (χ4n) is 4.17. The van der Waals surface area contributed by atoms with Gasteiger partial charge in [0.1, 0.15) is 0 Å². The largest absolute Gasteiger partial charge is 0.384 e. The molecule has 2 saturated heterocycles. The Morgan fingerprint density at radius 1 is 1.38 bits per heavy atom. The third kappa shape index (κ3) is 3.04. The van der Waals surface area contributed by atoms with Crippen LogP contribution in [0, 0.1) is 18.3 Å². The molecule has 3 rings (SSSR count). The summed E-state index contributed by atoms with van der Waals surface area (Å²) in [6.07, 6.45) is 1.34. The summed E-state index contributed by atoms with van der Waals surface area (Å²) < 4.78 is 5.52. The van der Waals surface area contributed by atoms with E-state index in [9.17, 15) is 0 Å². The standard InChI is InChI=1S/C17H28N2OS/c1-4-18-9-15(11-20-3)17(12-18)6-7-19(13-17)10-16-14(2)5-8-21-16/h5,8,15H,4,6-7,9-13H2,1-3H3/t15-,17-/m0/s1. The number of hydrogen-bond acceptors (Lipinski definition) is 4. The summed E-state index contributed by atoms with van der Waals surface area (Å²) in [6, 6.07) is 2.24. The van der Waals surface area contributed by atoms with Crippen molar-refractivity contribution in [3.05, 3.63) is 21.9 Å². The second kappa shape index (κ2) is 6.37. The summed E-state index contributed by atoms with van der Waals surface area (Å²) in [4.78, 5) is 6.82. The minimum absolute atomic E-state index is 0.469. The van der Waals surface area contributed by atoms with Crippen molar-refractivity contribution in [3.8, 4) is 0 Å². The fourth-order valence-corrected chi connectivity index (χ4v) is 5.11. The Kier molecular flexibility index (Phi) is 4.69. The molecule has 2 aliphatic rings. The number of rotatable bonds is 5. The van der Waals surface area contributed by atoms with Crippen molar-refractivity contribution in [3.63, 3.8) is 0 Å². The van der Waals surface area contributed by atoms with Crippen molar-refractivity contribution in [2.75, 3.05) is 46.4 Å². The van der Waals surface area contributed by atoms with E-state index in [1.165, 1.54) is 44.7 Å². The molecule has 118 valence electrons. The number of aryl methyl sites for hydroxylation is 1. The molecular formula is C17H28N2OS. The van der Waals surface area contributed by atoms with Crippen molar-refractivity contribution in [1.82, 2.24) is 9.80 Å². The molecule has 1 spiro atoms. The summed E-state index contributed by atoms with van der Waals surface area (Å²) in [5.41, 5.74) is 1.92. The SMILES string of the molecule is CCN1C[C@@H](COC)[C@@]2(CCN(Cc3sccc3C)C2)C1. The molecule has 3 heterocycles. The van der Waals surface area contributed by atoms with E-state index in [-0.39, 0.29) is 0 Å². The van der Waals surface area contributed by atoms with Gasteiger partial charge in [0.05, 0.1) is 6.61 Å². The van der Waals surface area contributed by atoms with Gasteiger partial charge >= 0.3 is 0 Å². The molecule has 0 saturated carbocycles. The van der Waals surface area contributed by atoms with E-state index in [1.807, 2.05) is 18.4 Å². The zero-order chi connectivity index (χ0) is 14.9. The third-order valence-electron chi connectivity index (χ3n) is 5.50. The molecule has 2 atom stereocenters. The smallest absolute Gasteiger partial charge is 0.0509 e. The summed E-state index contributed by atoms with van der Waals surface area (Å²) >= 11 is 1.91. The lowest BCUT2D eigenvalue weighted by Crippen LogP contribution is -2.36. The molecule has 0 unspecified atom stereocenters. The Labute approximate surface area is 132 Å². The van der Waals surface area contributed by atoms with E-state index >= 15 is 0 Å². The molecule has 2 fully saturated rings. The van der Waals surface area contributed by atoms with E-state index < -0.39 is 0 Å². The number of ether oxygens (including phenoxy) is 1. The van der Waals surface area contributed by atoms with Crippen LogP contribution >= 0.6 is 11.3 Å². The molecule has 21 heavy (non-hydrogen) atoms. The van der Waals surface area contributed by atoms with Crippen LogP contribution in [0.25, 0.3) is 0 Å². The van der Waals surface area contributed by atoms with Gasteiger partial charge in [-0.05, 0) is 43.4 Å². The van der Waals surface area contributed by atoms with Gasteiger partial charge in [-0.25, -0.2) is 0 Å². The average Bonchev–Trinajstić information content (AvgIpc) is 3.15. The van der Waals surface area contributed by atoms with Crippen LogP contribution in [0.3, 0.4) is 0 Å². The average molecular weight is 308 g/mol. The Morgan fingerprint density at radius 2 is 2.19 bits per heavy atom. The second-order valence-electron chi connectivity index (χ2n) is 6.83. The Hall–Kier alpha value is -0.420. The summed E-state index contributed by atoms with van der Waals surface area (Å²) in [5.74, 6) is 0.705. The molecular weight excluding hydrogens is 280 g/mol. The first-order valence-corrected chi connectivity index (χ1v) is 9.01. The van der Waals surface area contributed by atoms with Crippen molar-refractivity contribution >= 4 is 11.3 Å². The predicted octanol–water partition coefficient (Wildman–Crippen LogP) is 2.85. The van der Waals surface area contributed by atoms with Crippen molar-refractivity contribution in [2.45, 2.75) is 26.8 Å². The maximum Gasteiger partial charge on any atom is 0.0509 e. The van der Waals surface area contributed by atoms with Crippen LogP contribution in [0.5, 0.6) is 0 Å². The minimum atomic E-state index is 0.469. The van der Waals surface area contributed by atoms with Crippen LogP contribution in [0.1, 0.15) is 23.8 Å². The summed E-state index contributed by atoms with van der Waals surface area (Å²) in [5, 5.41) is 2.22. The maximum absolute atomic E-state index is 5.52. The number of nitrogens with zero attached hydrogens (tertiary/aromatic N) is 2. The van der Waals surface area contributed by atoms with Gasteiger partial charge in [0.15, 0.2) is 0 Å². The Balaban J connectivity index is 1.67.